The van der Waals surface area contributed by atoms with Crippen LogP contribution >= 0.6 is 66.7 Å². The molecule has 2 amide bonds. The Morgan fingerprint density at radius 1 is 0.841 bits per heavy atom. The quantitative estimate of drug-likeness (QED) is 0.0846. The van der Waals surface area contributed by atoms with Gasteiger partial charge in [-0.25, -0.2) is 9.78 Å². The summed E-state index contributed by atoms with van der Waals surface area (Å²) in [6, 6.07) is 17.9. The molecule has 4 unspecified atom stereocenters. The molecule has 2 aliphatic rings. The molecule has 0 bridgehead atoms. The maximum Gasteiger partial charge on any atom is 0.339 e. The van der Waals surface area contributed by atoms with Gasteiger partial charge in [0.25, 0.3) is 0 Å². The van der Waals surface area contributed by atoms with Crippen LogP contribution in [0.4, 0.5) is 5.69 Å². The lowest BCUT2D eigenvalue weighted by Gasteiger charge is -2.29. The van der Waals surface area contributed by atoms with Crippen LogP contribution in [0.15, 0.2) is 66.7 Å². The summed E-state index contributed by atoms with van der Waals surface area (Å²) in [7, 11) is 0. The van der Waals surface area contributed by atoms with Gasteiger partial charge >= 0.3 is 5.97 Å². The van der Waals surface area contributed by atoms with Gasteiger partial charge in [-0.3, -0.25) is 19.3 Å². The van der Waals surface area contributed by atoms with Crippen LogP contribution in [0.5, 0.6) is 0 Å². The Morgan fingerprint density at radius 2 is 1.50 bits per heavy atom. The maximum absolute atomic E-state index is 13.3. The number of rotatable bonds is 6. The second-order valence-electron chi connectivity index (χ2n) is 10.6. The van der Waals surface area contributed by atoms with Crippen molar-refractivity contribution in [1.82, 2.24) is 4.98 Å². The number of para-hydroxylation sites is 1. The average molecular weight is 780 g/mol. The first-order valence-electron chi connectivity index (χ1n) is 13.5. The fraction of sp³-hybridized carbons (Fsp3) is 0.219. The Hall–Kier alpha value is -2.82. The third-order valence-corrected chi connectivity index (χ3v) is 11.5. The number of hydrogen-bond acceptors (Lipinski definition) is 6. The fourth-order valence-corrected chi connectivity index (χ4v) is 7.63. The van der Waals surface area contributed by atoms with E-state index < -0.39 is 18.4 Å². The number of Topliss-reactive ketones (excluding diaryl/α,β-unsaturated/α-hetero) is 1. The van der Waals surface area contributed by atoms with Crippen molar-refractivity contribution in [1.29, 1.82) is 0 Å². The summed E-state index contributed by atoms with van der Waals surface area (Å²) in [5.41, 5.74) is 2.21. The zero-order chi connectivity index (χ0) is 31.3. The van der Waals surface area contributed by atoms with Crippen molar-refractivity contribution >= 4 is 107 Å². The van der Waals surface area contributed by atoms with Gasteiger partial charge in [-0.05, 0) is 55.3 Å². The number of halogens is 5. The van der Waals surface area contributed by atoms with E-state index in [-0.39, 0.29) is 49.5 Å². The molecular formula is C32H21Br2Cl3N2O5. The number of alkyl halides is 2. The number of imide groups is 1. The van der Waals surface area contributed by atoms with Crippen LogP contribution in [-0.4, -0.2) is 44.8 Å². The van der Waals surface area contributed by atoms with Crippen molar-refractivity contribution in [2.75, 3.05) is 11.5 Å². The van der Waals surface area contributed by atoms with Crippen LogP contribution in [0.3, 0.4) is 0 Å². The van der Waals surface area contributed by atoms with E-state index in [1.165, 1.54) is 23.1 Å². The molecule has 224 valence electrons. The van der Waals surface area contributed by atoms with E-state index in [1.807, 2.05) is 0 Å². The number of nitrogens with zero attached hydrogens (tertiary/aromatic N) is 2. The van der Waals surface area contributed by atoms with Crippen molar-refractivity contribution in [3.8, 4) is 11.3 Å². The number of benzene rings is 3. The summed E-state index contributed by atoms with van der Waals surface area (Å²) in [4.78, 5) is 58.7. The summed E-state index contributed by atoms with van der Waals surface area (Å²) in [5, 5.41) is 1.30. The van der Waals surface area contributed by atoms with Gasteiger partial charge in [-0.2, -0.15) is 0 Å². The number of amides is 2. The molecule has 0 spiro atoms. The smallest absolute Gasteiger partial charge is 0.339 e. The number of anilines is 1. The average Bonchev–Trinajstić information content (AvgIpc) is 3.24. The highest BCUT2D eigenvalue weighted by molar-refractivity contribution is 9.12. The molecule has 2 fully saturated rings. The third-order valence-electron chi connectivity index (χ3n) is 7.91. The number of ether oxygens (including phenoxy) is 1. The van der Waals surface area contributed by atoms with Gasteiger partial charge in [-0.1, -0.05) is 90.9 Å². The van der Waals surface area contributed by atoms with E-state index in [0.29, 0.717) is 50.7 Å². The lowest BCUT2D eigenvalue weighted by Crippen LogP contribution is -2.34. The highest BCUT2D eigenvalue weighted by Crippen LogP contribution is 2.44. The zero-order valence-corrected chi connectivity index (χ0v) is 28.0. The number of ketones is 1. The Labute approximate surface area is 284 Å². The molecular weight excluding hydrogens is 759 g/mol. The van der Waals surface area contributed by atoms with Crippen LogP contribution in [0.25, 0.3) is 22.2 Å². The molecule has 2 heterocycles. The first-order valence-corrected chi connectivity index (χ1v) is 16.5. The first kappa shape index (κ1) is 31.2. The molecule has 12 heteroatoms. The highest BCUT2D eigenvalue weighted by Gasteiger charge is 2.52. The first-order chi connectivity index (χ1) is 21.0. The summed E-state index contributed by atoms with van der Waals surface area (Å²) in [6.45, 7) is -0.542. The summed E-state index contributed by atoms with van der Waals surface area (Å²) in [6.07, 6.45) is 1.16. The molecule has 6 rings (SSSR count). The number of esters is 1. The lowest BCUT2D eigenvalue weighted by molar-refractivity contribution is -0.122. The van der Waals surface area contributed by atoms with E-state index in [4.69, 9.17) is 39.5 Å². The van der Waals surface area contributed by atoms with Crippen LogP contribution in [0.1, 0.15) is 33.6 Å². The van der Waals surface area contributed by atoms with E-state index in [1.54, 1.807) is 48.5 Å². The SMILES string of the molecule is O=C(COC(=O)c1cc(-c2ccc(N3C(=O)C4CC(Br)C(Br)CC4C3=O)cc2)nc2c(Cl)cccc12)c1ccc(Cl)cc1Cl. The molecule has 44 heavy (non-hydrogen) atoms. The van der Waals surface area contributed by atoms with E-state index >= 15 is 0 Å². The molecule has 3 aromatic carbocycles. The molecule has 1 saturated heterocycles. The largest absolute Gasteiger partial charge is 0.454 e. The monoisotopic (exact) mass is 776 g/mol. The summed E-state index contributed by atoms with van der Waals surface area (Å²) < 4.78 is 5.40. The number of pyridine rings is 1. The minimum absolute atomic E-state index is 0.114. The number of fused-ring (bicyclic) bond motifs is 2. The minimum Gasteiger partial charge on any atom is -0.454 e. The van der Waals surface area contributed by atoms with Crippen LogP contribution in [0.2, 0.25) is 15.1 Å². The van der Waals surface area contributed by atoms with E-state index in [2.05, 4.69) is 36.8 Å². The van der Waals surface area contributed by atoms with Crippen molar-refractivity contribution < 1.29 is 23.9 Å². The van der Waals surface area contributed by atoms with Gasteiger partial charge < -0.3 is 4.74 Å². The standard InChI is InChI=1S/C32H21Br2Cl3N2O5/c33-23-11-20-21(12-24(23)34)31(42)39(30(20)41)17-7-4-15(5-8-17)27-13-22(18-2-1-3-25(36)29(18)38-27)32(43)44-14-28(40)19-9-6-16(35)10-26(19)37/h1-10,13,20-21,23-24H,11-12,14H2. The molecule has 4 atom stereocenters. The number of hydrogen-bond donors (Lipinski definition) is 0. The van der Waals surface area contributed by atoms with Crippen molar-refractivity contribution in [3.05, 3.63) is 92.9 Å². The van der Waals surface area contributed by atoms with E-state index in [9.17, 15) is 19.2 Å². The predicted molar refractivity (Wildman–Crippen MR) is 177 cm³/mol. The Balaban J connectivity index is 1.28. The molecule has 1 aliphatic heterocycles. The van der Waals surface area contributed by atoms with Gasteiger partial charge in [-0.15, -0.1) is 0 Å². The molecule has 1 aliphatic carbocycles. The number of aromatic nitrogens is 1. The number of carbonyl (C=O) groups is 4. The molecule has 4 aromatic rings. The lowest BCUT2D eigenvalue weighted by atomic mass is 9.81. The second kappa shape index (κ2) is 12.5. The van der Waals surface area contributed by atoms with Crippen LogP contribution < -0.4 is 4.90 Å². The summed E-state index contributed by atoms with van der Waals surface area (Å²) >= 11 is 25.8. The van der Waals surface area contributed by atoms with Gasteiger partial charge in [0.2, 0.25) is 17.6 Å². The predicted octanol–water partition coefficient (Wildman–Crippen LogP) is 8.33. The van der Waals surface area contributed by atoms with E-state index in [0.717, 1.165) is 0 Å². The van der Waals surface area contributed by atoms with Crippen molar-refractivity contribution in [2.24, 2.45) is 11.8 Å². The van der Waals surface area contributed by atoms with Crippen LogP contribution in [-0.2, 0) is 14.3 Å². The van der Waals surface area contributed by atoms with Gasteiger partial charge in [0.15, 0.2) is 6.61 Å². The minimum atomic E-state index is -0.748. The van der Waals surface area contributed by atoms with Crippen LogP contribution in [0, 0.1) is 11.8 Å². The molecule has 0 radical (unpaired) electrons. The second-order valence-corrected chi connectivity index (χ2v) is 14.2. The van der Waals surface area contributed by atoms with Gasteiger partial charge in [0.05, 0.1) is 44.3 Å². The Morgan fingerprint density at radius 3 is 2.14 bits per heavy atom. The molecule has 1 saturated carbocycles. The Kier molecular flexibility index (Phi) is 8.87. The highest BCUT2D eigenvalue weighted by atomic mass is 79.9. The van der Waals surface area contributed by atoms with Gasteiger partial charge in [0.1, 0.15) is 0 Å². The topological polar surface area (TPSA) is 93.6 Å². The zero-order valence-electron chi connectivity index (χ0n) is 22.6. The number of carbonyl (C=O) groups excluding carboxylic acids is 4. The summed E-state index contributed by atoms with van der Waals surface area (Å²) in [5.74, 6) is -2.36. The Bertz CT molecular complexity index is 1820. The molecule has 1 aromatic heterocycles. The van der Waals surface area contributed by atoms with Crippen molar-refractivity contribution in [3.63, 3.8) is 0 Å². The van der Waals surface area contributed by atoms with Crippen molar-refractivity contribution in [2.45, 2.75) is 22.5 Å². The maximum atomic E-state index is 13.3. The normalized spacial score (nSPS) is 21.4. The third kappa shape index (κ3) is 5.81. The van der Waals surface area contributed by atoms with Gasteiger partial charge in [0, 0.05) is 31.2 Å². The molecule has 0 N–H and O–H groups in total. The molecule has 7 nitrogen and oxygen atoms in total. The fourth-order valence-electron chi connectivity index (χ4n) is 5.66.